The second kappa shape index (κ2) is 7.40. The highest BCUT2D eigenvalue weighted by Gasteiger charge is 2.34. The molecule has 0 saturated carbocycles. The van der Waals surface area contributed by atoms with Crippen molar-refractivity contribution in [1.29, 1.82) is 0 Å². The van der Waals surface area contributed by atoms with E-state index in [-0.39, 0.29) is 11.5 Å². The van der Waals surface area contributed by atoms with Crippen LogP contribution in [0, 0.1) is 5.82 Å². The smallest absolute Gasteiger partial charge is 0.352 e. The number of nitrogens with zero attached hydrogens (tertiary/aromatic N) is 3. The Bertz CT molecular complexity index is 1170. The zero-order chi connectivity index (χ0) is 22.4. The topological polar surface area (TPSA) is 67.8 Å². The number of amides is 1. The van der Waals surface area contributed by atoms with E-state index in [0.717, 1.165) is 17.7 Å². The molecule has 0 fully saturated rings. The number of pyridine rings is 1. The van der Waals surface area contributed by atoms with Crippen molar-refractivity contribution in [2.24, 2.45) is 0 Å². The van der Waals surface area contributed by atoms with E-state index in [1.54, 1.807) is 26.0 Å². The predicted octanol–water partition coefficient (Wildman–Crippen LogP) is 4.31. The molecule has 1 aliphatic rings. The van der Waals surface area contributed by atoms with Gasteiger partial charge >= 0.3 is 6.18 Å². The molecule has 0 atom stereocenters. The van der Waals surface area contributed by atoms with E-state index in [1.165, 1.54) is 12.4 Å². The number of carbonyl (C=O) groups excluding carboxylic acids is 1. The lowest BCUT2D eigenvalue weighted by atomic mass is 9.78. The summed E-state index contributed by atoms with van der Waals surface area (Å²) >= 11 is 0. The molecule has 0 spiro atoms. The van der Waals surface area contributed by atoms with Crippen LogP contribution in [0.1, 0.15) is 46.5 Å². The largest absolute Gasteiger partial charge is 0.416 e. The van der Waals surface area contributed by atoms with Gasteiger partial charge in [0.2, 0.25) is 0 Å². The van der Waals surface area contributed by atoms with E-state index in [0.29, 0.717) is 41.5 Å². The second-order valence-corrected chi connectivity index (χ2v) is 7.87. The van der Waals surface area contributed by atoms with Crippen LogP contribution in [-0.4, -0.2) is 27.6 Å². The molecule has 1 amide bonds. The zero-order valence-electron chi connectivity index (χ0n) is 16.7. The maximum absolute atomic E-state index is 14.0. The van der Waals surface area contributed by atoms with Crippen LogP contribution in [-0.2, 0) is 18.0 Å². The summed E-state index contributed by atoms with van der Waals surface area (Å²) in [4.78, 5) is 16.5. The average molecular weight is 430 g/mol. The Morgan fingerprint density at radius 2 is 1.77 bits per heavy atom. The third-order valence-electron chi connectivity index (χ3n) is 5.53. The lowest BCUT2D eigenvalue weighted by molar-refractivity contribution is -0.137. The molecule has 31 heavy (non-hydrogen) atoms. The van der Waals surface area contributed by atoms with E-state index in [2.05, 4.69) is 20.5 Å². The molecule has 0 aliphatic carbocycles. The third-order valence-corrected chi connectivity index (χ3v) is 5.53. The normalized spacial score (nSPS) is 14.2. The predicted molar refractivity (Wildman–Crippen MR) is 105 cm³/mol. The van der Waals surface area contributed by atoms with Crippen molar-refractivity contribution in [1.82, 2.24) is 20.5 Å². The third kappa shape index (κ3) is 3.87. The van der Waals surface area contributed by atoms with Crippen molar-refractivity contribution in [2.75, 3.05) is 6.54 Å². The van der Waals surface area contributed by atoms with Crippen molar-refractivity contribution in [3.8, 4) is 11.4 Å². The molecular formula is C22H18F4N4O. The molecule has 0 radical (unpaired) electrons. The van der Waals surface area contributed by atoms with Crippen LogP contribution >= 0.6 is 0 Å². The van der Waals surface area contributed by atoms with Crippen LogP contribution in [0.4, 0.5) is 17.6 Å². The molecule has 160 valence electrons. The standard InChI is InChI=1S/C22H18F4N4O/c1-21(2,12-7-13(22(24,25)26)9-15(23)8-12)14-10-18(30-29-11-14)19-16-3-6-28-20(31)17(16)4-5-27-19/h4-5,7-11H,3,6H2,1-2H3,(H,28,31). The lowest BCUT2D eigenvalue weighted by Crippen LogP contribution is -2.32. The van der Waals surface area contributed by atoms with E-state index < -0.39 is 23.0 Å². The molecular weight excluding hydrogens is 412 g/mol. The number of halogens is 4. The van der Waals surface area contributed by atoms with Crippen LogP contribution < -0.4 is 5.32 Å². The molecule has 3 heterocycles. The molecule has 0 saturated heterocycles. The SMILES string of the molecule is CC(C)(c1cc(F)cc(C(F)(F)F)c1)c1cnnc(-c2nccc3c2CCNC3=O)c1. The van der Waals surface area contributed by atoms with Gasteiger partial charge in [0.25, 0.3) is 5.91 Å². The number of aromatic nitrogens is 3. The molecule has 1 aromatic carbocycles. The Kier molecular flexibility index (Phi) is 4.99. The number of nitrogens with one attached hydrogen (secondary N) is 1. The number of hydrogen-bond acceptors (Lipinski definition) is 4. The molecule has 3 aromatic rings. The molecule has 0 unspecified atom stereocenters. The summed E-state index contributed by atoms with van der Waals surface area (Å²) in [6.07, 6.45) is -1.16. The Labute approximate surface area is 175 Å². The highest BCUT2D eigenvalue weighted by molar-refractivity contribution is 5.98. The van der Waals surface area contributed by atoms with Crippen LogP contribution in [0.3, 0.4) is 0 Å². The minimum absolute atomic E-state index is 0.154. The van der Waals surface area contributed by atoms with Crippen molar-refractivity contribution in [2.45, 2.75) is 31.9 Å². The van der Waals surface area contributed by atoms with Crippen LogP contribution in [0.15, 0.2) is 42.7 Å². The van der Waals surface area contributed by atoms with E-state index >= 15 is 0 Å². The minimum atomic E-state index is -4.66. The fourth-order valence-corrected chi connectivity index (χ4v) is 3.68. The number of rotatable bonds is 3. The first-order valence-electron chi connectivity index (χ1n) is 9.55. The summed E-state index contributed by atoms with van der Waals surface area (Å²) in [5, 5.41) is 10.9. The van der Waals surface area contributed by atoms with Gasteiger partial charge in [-0.25, -0.2) is 4.39 Å². The Hall–Kier alpha value is -3.36. The van der Waals surface area contributed by atoms with Gasteiger partial charge in [0.05, 0.1) is 17.5 Å². The summed E-state index contributed by atoms with van der Waals surface area (Å²) in [5.41, 5.74) is 0.763. The van der Waals surface area contributed by atoms with Gasteiger partial charge in [-0.3, -0.25) is 9.78 Å². The summed E-state index contributed by atoms with van der Waals surface area (Å²) in [6, 6.07) is 5.79. The number of fused-ring (bicyclic) bond motifs is 1. The maximum atomic E-state index is 14.0. The second-order valence-electron chi connectivity index (χ2n) is 7.87. The lowest BCUT2D eigenvalue weighted by Gasteiger charge is -2.27. The number of hydrogen-bond donors (Lipinski definition) is 1. The fraction of sp³-hybridized carbons (Fsp3) is 0.273. The van der Waals surface area contributed by atoms with Crippen molar-refractivity contribution >= 4 is 5.91 Å². The van der Waals surface area contributed by atoms with Gasteiger partial charge in [0, 0.05) is 23.7 Å². The van der Waals surface area contributed by atoms with Gasteiger partial charge in [-0.2, -0.15) is 18.3 Å². The van der Waals surface area contributed by atoms with Gasteiger partial charge in [0.15, 0.2) is 0 Å². The molecule has 2 aromatic heterocycles. The number of alkyl halides is 3. The van der Waals surface area contributed by atoms with Crippen LogP contribution in [0.2, 0.25) is 0 Å². The van der Waals surface area contributed by atoms with Crippen LogP contribution in [0.25, 0.3) is 11.4 Å². The van der Waals surface area contributed by atoms with E-state index in [4.69, 9.17) is 0 Å². The van der Waals surface area contributed by atoms with Crippen molar-refractivity contribution in [3.05, 3.63) is 76.4 Å². The molecule has 4 rings (SSSR count). The van der Waals surface area contributed by atoms with Crippen molar-refractivity contribution < 1.29 is 22.4 Å². The highest BCUT2D eigenvalue weighted by atomic mass is 19.4. The summed E-state index contributed by atoms with van der Waals surface area (Å²) in [7, 11) is 0. The molecule has 0 bridgehead atoms. The van der Waals surface area contributed by atoms with Gasteiger partial charge in [-0.15, -0.1) is 5.10 Å². The number of carbonyl (C=O) groups is 1. The average Bonchev–Trinajstić information content (AvgIpc) is 2.73. The van der Waals surface area contributed by atoms with Gasteiger partial charge in [0.1, 0.15) is 11.5 Å². The molecule has 5 nitrogen and oxygen atoms in total. The van der Waals surface area contributed by atoms with Gasteiger partial charge in [-0.1, -0.05) is 13.8 Å². The summed E-state index contributed by atoms with van der Waals surface area (Å²) in [5.74, 6) is -1.17. The Morgan fingerprint density at radius 3 is 2.52 bits per heavy atom. The van der Waals surface area contributed by atoms with Crippen LogP contribution in [0.5, 0.6) is 0 Å². The summed E-state index contributed by atoms with van der Waals surface area (Å²) < 4.78 is 53.6. The molecule has 1 N–H and O–H groups in total. The van der Waals surface area contributed by atoms with Gasteiger partial charge in [-0.05, 0) is 53.4 Å². The Balaban J connectivity index is 1.80. The highest BCUT2D eigenvalue weighted by Crippen LogP contribution is 2.37. The van der Waals surface area contributed by atoms with Crippen molar-refractivity contribution in [3.63, 3.8) is 0 Å². The summed E-state index contributed by atoms with van der Waals surface area (Å²) in [6.45, 7) is 3.83. The molecule has 1 aliphatic heterocycles. The quantitative estimate of drug-likeness (QED) is 0.629. The molecule has 9 heteroatoms. The first-order chi connectivity index (χ1) is 14.6. The van der Waals surface area contributed by atoms with E-state index in [9.17, 15) is 22.4 Å². The first-order valence-corrected chi connectivity index (χ1v) is 9.55. The van der Waals surface area contributed by atoms with E-state index in [1.807, 2.05) is 0 Å². The monoisotopic (exact) mass is 430 g/mol. The fourth-order valence-electron chi connectivity index (χ4n) is 3.68. The maximum Gasteiger partial charge on any atom is 0.416 e. The zero-order valence-corrected chi connectivity index (χ0v) is 16.7. The Morgan fingerprint density at radius 1 is 1.03 bits per heavy atom. The first kappa shape index (κ1) is 20.9. The number of benzene rings is 1. The van der Waals surface area contributed by atoms with Gasteiger partial charge < -0.3 is 5.32 Å². The minimum Gasteiger partial charge on any atom is -0.352 e.